The standard InChI is InChI=1S/C18H16N2O6S/c1-25-17(23)14-15-11(7-13(27-15)16(21)22)12-8-19(14)18(24)20(12)26-9-10-5-3-2-4-6-10/h2-7,12,14H,8-9H2,1H3,(H,21,22)/t12-,14?/m1/s1. The van der Waals surface area contributed by atoms with Gasteiger partial charge in [0.05, 0.1) is 13.7 Å². The fourth-order valence-electron chi connectivity index (χ4n) is 3.39. The number of benzene rings is 1. The lowest BCUT2D eigenvalue weighted by atomic mass is 9.99. The molecular weight excluding hydrogens is 372 g/mol. The molecule has 2 aliphatic heterocycles. The van der Waals surface area contributed by atoms with Crippen LogP contribution < -0.4 is 0 Å². The van der Waals surface area contributed by atoms with Crippen LogP contribution in [-0.4, -0.2) is 46.7 Å². The van der Waals surface area contributed by atoms with Crippen molar-refractivity contribution in [3.8, 4) is 0 Å². The lowest BCUT2D eigenvalue weighted by Gasteiger charge is -2.28. The van der Waals surface area contributed by atoms with Crippen molar-refractivity contribution >= 4 is 29.3 Å². The molecule has 2 aliphatic rings. The van der Waals surface area contributed by atoms with E-state index in [0.29, 0.717) is 10.4 Å². The van der Waals surface area contributed by atoms with Crippen molar-refractivity contribution < 1.29 is 29.1 Å². The summed E-state index contributed by atoms with van der Waals surface area (Å²) in [6, 6.07) is 9.02. The van der Waals surface area contributed by atoms with Gasteiger partial charge >= 0.3 is 18.0 Å². The van der Waals surface area contributed by atoms with Crippen LogP contribution in [-0.2, 0) is 21.0 Å². The molecule has 1 aromatic carbocycles. The SMILES string of the molecule is COC(=O)C1c2sc(C(=O)O)cc2[C@H]2CN1C(=O)N2OCc1ccccc1. The number of amides is 2. The molecule has 140 valence electrons. The number of fused-ring (bicyclic) bond motifs is 4. The summed E-state index contributed by atoms with van der Waals surface area (Å²) in [5.74, 6) is -1.68. The molecule has 2 amide bonds. The van der Waals surface area contributed by atoms with E-state index in [1.807, 2.05) is 30.3 Å². The number of urea groups is 1. The van der Waals surface area contributed by atoms with E-state index in [4.69, 9.17) is 9.57 Å². The molecule has 1 unspecified atom stereocenters. The highest BCUT2D eigenvalue weighted by Crippen LogP contribution is 2.47. The first-order valence-electron chi connectivity index (χ1n) is 8.22. The van der Waals surface area contributed by atoms with E-state index in [1.165, 1.54) is 23.1 Å². The van der Waals surface area contributed by atoms with Gasteiger partial charge in [0, 0.05) is 4.88 Å². The van der Waals surface area contributed by atoms with Gasteiger partial charge in [-0.15, -0.1) is 11.3 Å². The summed E-state index contributed by atoms with van der Waals surface area (Å²) in [6.45, 7) is 0.418. The summed E-state index contributed by atoms with van der Waals surface area (Å²) in [6.07, 6.45) is 0. The first kappa shape index (κ1) is 17.5. The Morgan fingerprint density at radius 3 is 2.70 bits per heavy atom. The molecule has 2 bridgehead atoms. The van der Waals surface area contributed by atoms with Gasteiger partial charge in [0.2, 0.25) is 0 Å². The zero-order valence-corrected chi connectivity index (χ0v) is 15.1. The molecule has 9 heteroatoms. The minimum absolute atomic E-state index is 0.109. The summed E-state index contributed by atoms with van der Waals surface area (Å²) < 4.78 is 4.85. The predicted molar refractivity (Wildman–Crippen MR) is 93.9 cm³/mol. The average molecular weight is 388 g/mol. The summed E-state index contributed by atoms with van der Waals surface area (Å²) in [5.41, 5.74) is 1.51. The highest BCUT2D eigenvalue weighted by molar-refractivity contribution is 7.14. The Hall–Kier alpha value is -2.91. The van der Waals surface area contributed by atoms with Gasteiger partial charge in [-0.2, -0.15) is 5.06 Å². The summed E-state index contributed by atoms with van der Waals surface area (Å²) in [5, 5.41) is 10.6. The maximum absolute atomic E-state index is 12.8. The molecule has 0 aliphatic carbocycles. The van der Waals surface area contributed by atoms with E-state index in [-0.39, 0.29) is 18.0 Å². The smallest absolute Gasteiger partial charge is 0.345 e. The van der Waals surface area contributed by atoms with Gasteiger partial charge in [-0.1, -0.05) is 30.3 Å². The lowest BCUT2D eigenvalue weighted by molar-refractivity contribution is -0.146. The zero-order valence-electron chi connectivity index (χ0n) is 14.3. The number of nitrogens with zero attached hydrogens (tertiary/aromatic N) is 2. The van der Waals surface area contributed by atoms with E-state index in [9.17, 15) is 19.5 Å². The van der Waals surface area contributed by atoms with E-state index < -0.39 is 30.1 Å². The first-order chi connectivity index (χ1) is 13.0. The lowest BCUT2D eigenvalue weighted by Crippen LogP contribution is -2.38. The number of methoxy groups -OCH3 is 1. The Balaban J connectivity index is 1.68. The highest BCUT2D eigenvalue weighted by atomic mass is 32.1. The molecule has 0 saturated carbocycles. The Labute approximate surface area is 158 Å². The van der Waals surface area contributed by atoms with E-state index in [0.717, 1.165) is 16.9 Å². The average Bonchev–Trinajstić information content (AvgIpc) is 3.23. The number of esters is 1. The van der Waals surface area contributed by atoms with E-state index in [2.05, 4.69) is 0 Å². The van der Waals surface area contributed by atoms with Gasteiger partial charge in [-0.3, -0.25) is 4.84 Å². The van der Waals surface area contributed by atoms with Crippen molar-refractivity contribution in [1.82, 2.24) is 9.96 Å². The van der Waals surface area contributed by atoms with Gasteiger partial charge in [-0.25, -0.2) is 14.4 Å². The molecular formula is C18H16N2O6S. The number of carbonyl (C=O) groups excluding carboxylic acids is 2. The number of carboxylic acids is 1. The van der Waals surface area contributed by atoms with Crippen LogP contribution in [0.1, 0.15) is 37.8 Å². The number of aromatic carboxylic acids is 1. The van der Waals surface area contributed by atoms with Gasteiger partial charge in [0.15, 0.2) is 6.04 Å². The number of hydroxylamine groups is 2. The Bertz CT molecular complexity index is 912. The number of carboxylic acid groups (broad SMARTS) is 1. The summed E-state index contributed by atoms with van der Waals surface area (Å²) in [7, 11) is 1.24. The second-order valence-corrected chi connectivity index (χ2v) is 7.28. The maximum Gasteiger partial charge on any atom is 0.345 e. The second-order valence-electron chi connectivity index (χ2n) is 6.20. The molecule has 1 saturated heterocycles. The molecule has 2 aromatic rings. The van der Waals surface area contributed by atoms with Crippen LogP contribution in [0.2, 0.25) is 0 Å². The fourth-order valence-corrected chi connectivity index (χ4v) is 4.55. The topological polar surface area (TPSA) is 96.4 Å². The van der Waals surface area contributed by atoms with Crippen LogP contribution in [0.15, 0.2) is 36.4 Å². The van der Waals surface area contributed by atoms with Gasteiger partial charge < -0.3 is 14.7 Å². The number of rotatable bonds is 5. The van der Waals surface area contributed by atoms with Crippen molar-refractivity contribution in [1.29, 1.82) is 0 Å². The molecule has 1 N–H and O–H groups in total. The Kier molecular flexibility index (Phi) is 4.33. The van der Waals surface area contributed by atoms with Crippen LogP contribution in [0.5, 0.6) is 0 Å². The molecule has 27 heavy (non-hydrogen) atoms. The summed E-state index contributed by atoms with van der Waals surface area (Å²) in [4.78, 5) is 44.3. The van der Waals surface area contributed by atoms with Crippen LogP contribution in [0.25, 0.3) is 0 Å². The predicted octanol–water partition coefficient (Wildman–Crippen LogP) is 2.58. The quantitative estimate of drug-likeness (QED) is 0.791. The van der Waals surface area contributed by atoms with Crippen molar-refractivity contribution in [2.45, 2.75) is 18.7 Å². The Morgan fingerprint density at radius 2 is 2.04 bits per heavy atom. The molecule has 3 heterocycles. The minimum atomic E-state index is -1.08. The molecule has 2 atom stereocenters. The van der Waals surface area contributed by atoms with Crippen molar-refractivity contribution in [2.24, 2.45) is 0 Å². The van der Waals surface area contributed by atoms with E-state index in [1.54, 1.807) is 0 Å². The number of carbonyl (C=O) groups is 3. The third kappa shape index (κ3) is 2.84. The number of thiophene rings is 1. The van der Waals surface area contributed by atoms with Crippen molar-refractivity contribution in [3.05, 3.63) is 57.3 Å². The minimum Gasteiger partial charge on any atom is -0.477 e. The van der Waals surface area contributed by atoms with Crippen molar-refractivity contribution in [2.75, 3.05) is 13.7 Å². The highest BCUT2D eigenvalue weighted by Gasteiger charge is 2.52. The molecule has 4 rings (SSSR count). The van der Waals surface area contributed by atoms with Crippen LogP contribution in [0.3, 0.4) is 0 Å². The maximum atomic E-state index is 12.8. The number of hydrogen-bond donors (Lipinski definition) is 1. The molecule has 1 aromatic heterocycles. The van der Waals surface area contributed by atoms with E-state index >= 15 is 0 Å². The third-order valence-electron chi connectivity index (χ3n) is 4.65. The second kappa shape index (κ2) is 6.67. The molecule has 1 fully saturated rings. The van der Waals surface area contributed by atoms with Crippen molar-refractivity contribution in [3.63, 3.8) is 0 Å². The van der Waals surface area contributed by atoms with Gasteiger partial charge in [0.1, 0.15) is 17.5 Å². The Morgan fingerprint density at radius 1 is 1.30 bits per heavy atom. The largest absolute Gasteiger partial charge is 0.477 e. The van der Waals surface area contributed by atoms with Gasteiger partial charge in [-0.05, 0) is 17.2 Å². The molecule has 8 nitrogen and oxygen atoms in total. The number of hydrogen-bond acceptors (Lipinski definition) is 6. The molecule has 0 spiro atoms. The van der Waals surface area contributed by atoms with Crippen LogP contribution >= 0.6 is 11.3 Å². The van der Waals surface area contributed by atoms with Crippen LogP contribution in [0, 0.1) is 0 Å². The monoisotopic (exact) mass is 388 g/mol. The first-order valence-corrected chi connectivity index (χ1v) is 9.04. The normalized spacial score (nSPS) is 20.6. The summed E-state index contributed by atoms with van der Waals surface area (Å²) >= 11 is 0.985. The van der Waals surface area contributed by atoms with Crippen LogP contribution in [0.4, 0.5) is 4.79 Å². The van der Waals surface area contributed by atoms with Gasteiger partial charge in [0.25, 0.3) is 0 Å². The fraction of sp³-hybridized carbons (Fsp3) is 0.278. The third-order valence-corrected chi connectivity index (χ3v) is 5.84. The molecule has 0 radical (unpaired) electrons. The zero-order chi connectivity index (χ0) is 19.1. The number of ether oxygens (including phenoxy) is 1.